The molecule has 19 heavy (non-hydrogen) atoms. The Hall–Kier alpha value is -1.65. The molecule has 0 bridgehead atoms. The van der Waals surface area contributed by atoms with Crippen molar-refractivity contribution in [3.63, 3.8) is 0 Å². The van der Waals surface area contributed by atoms with Crippen molar-refractivity contribution in [2.24, 2.45) is 0 Å². The number of aliphatic hydroxyl groups is 1. The highest BCUT2D eigenvalue weighted by Gasteiger charge is 2.29. The summed E-state index contributed by atoms with van der Waals surface area (Å²) in [6, 6.07) is 5.13. The minimum absolute atomic E-state index is 0.0253. The van der Waals surface area contributed by atoms with Crippen LogP contribution in [-0.4, -0.2) is 29.0 Å². The normalized spacial score (nSPS) is 14.6. The van der Waals surface area contributed by atoms with Gasteiger partial charge in [0.25, 0.3) is 0 Å². The number of rotatable bonds is 4. The van der Waals surface area contributed by atoms with Gasteiger partial charge >= 0.3 is 0 Å². The van der Waals surface area contributed by atoms with Crippen LogP contribution in [0.1, 0.15) is 33.2 Å². The summed E-state index contributed by atoms with van der Waals surface area (Å²) in [4.78, 5) is 25.1. The molecule has 0 spiro atoms. The van der Waals surface area contributed by atoms with E-state index >= 15 is 0 Å². The fraction of sp³-hybridized carbons (Fsp3) is 0.200. The van der Waals surface area contributed by atoms with Crippen molar-refractivity contribution in [1.82, 2.24) is 0 Å². The third-order valence-corrected chi connectivity index (χ3v) is 4.16. The van der Waals surface area contributed by atoms with Crippen molar-refractivity contribution < 1.29 is 14.7 Å². The van der Waals surface area contributed by atoms with Crippen molar-refractivity contribution >= 4 is 29.4 Å². The van der Waals surface area contributed by atoms with Crippen LogP contribution < -0.4 is 0 Å². The fourth-order valence-corrected chi connectivity index (χ4v) is 2.84. The molecule has 1 N–H and O–H groups in total. The second kappa shape index (κ2) is 5.55. The number of carbonyl (C=O) groups is 2. The predicted octanol–water partition coefficient (Wildman–Crippen LogP) is 2.71. The first-order valence-electron chi connectivity index (χ1n) is 5.90. The Morgan fingerprint density at radius 2 is 2.00 bits per heavy atom. The molecule has 3 nitrogen and oxygen atoms in total. The molecule has 0 aliphatic heterocycles. The molecule has 0 saturated heterocycles. The molecule has 1 aliphatic carbocycles. The Bertz CT molecular complexity index is 599. The molecule has 4 heteroatoms. The first-order chi connectivity index (χ1) is 9.10. The van der Waals surface area contributed by atoms with E-state index in [1.807, 2.05) is 0 Å². The van der Waals surface area contributed by atoms with Crippen LogP contribution in [0.4, 0.5) is 0 Å². The average molecular weight is 274 g/mol. The Morgan fingerprint density at radius 3 is 2.63 bits per heavy atom. The second-order valence-electron chi connectivity index (χ2n) is 4.19. The molecule has 1 aromatic carbocycles. The van der Waals surface area contributed by atoms with Crippen LogP contribution in [0.5, 0.6) is 0 Å². The summed E-state index contributed by atoms with van der Waals surface area (Å²) < 4.78 is 0. The first-order valence-corrected chi connectivity index (χ1v) is 6.89. The molecule has 0 fully saturated rings. The van der Waals surface area contributed by atoms with Crippen LogP contribution in [0.2, 0.25) is 0 Å². The Balaban J connectivity index is 2.51. The predicted molar refractivity (Wildman–Crippen MR) is 77.4 cm³/mol. The standard InChI is InChI=1S/C15H14O3S/c1-3-10-4-5-11-12(8-10)14(18)15(19-7-6-16)9(2)13(11)17/h3-5,8,16H,1,6-7H2,2H3. The maximum Gasteiger partial charge on any atom is 0.200 e. The quantitative estimate of drug-likeness (QED) is 0.917. The topological polar surface area (TPSA) is 54.4 Å². The van der Waals surface area contributed by atoms with E-state index < -0.39 is 0 Å². The fourth-order valence-electron chi connectivity index (χ4n) is 1.99. The summed E-state index contributed by atoms with van der Waals surface area (Å²) in [6.07, 6.45) is 1.64. The summed E-state index contributed by atoms with van der Waals surface area (Å²) in [7, 11) is 0. The number of ketones is 2. The van der Waals surface area contributed by atoms with Crippen molar-refractivity contribution in [2.75, 3.05) is 12.4 Å². The smallest absolute Gasteiger partial charge is 0.200 e. The number of fused-ring (bicyclic) bond motifs is 1. The lowest BCUT2D eigenvalue weighted by Crippen LogP contribution is -2.20. The van der Waals surface area contributed by atoms with Crippen LogP contribution in [0, 0.1) is 0 Å². The van der Waals surface area contributed by atoms with Gasteiger partial charge in [-0.1, -0.05) is 18.7 Å². The SMILES string of the molecule is C=Cc1ccc2c(c1)C(=O)C(SCCO)=C(C)C2=O. The molecule has 1 aromatic rings. The summed E-state index contributed by atoms with van der Waals surface area (Å²) in [5, 5.41) is 8.86. The molecule has 0 atom stereocenters. The summed E-state index contributed by atoms with van der Waals surface area (Å²) in [5.41, 5.74) is 2.14. The number of benzene rings is 1. The van der Waals surface area contributed by atoms with Crippen LogP contribution in [-0.2, 0) is 0 Å². The minimum Gasteiger partial charge on any atom is -0.396 e. The molecule has 98 valence electrons. The van der Waals surface area contributed by atoms with Gasteiger partial charge in [0.05, 0.1) is 11.5 Å². The highest BCUT2D eigenvalue weighted by Crippen LogP contribution is 2.33. The van der Waals surface area contributed by atoms with Gasteiger partial charge in [-0.25, -0.2) is 0 Å². The minimum atomic E-state index is -0.144. The summed E-state index contributed by atoms with van der Waals surface area (Å²) >= 11 is 1.23. The Morgan fingerprint density at radius 1 is 1.26 bits per heavy atom. The first kappa shape index (κ1) is 13.8. The van der Waals surface area contributed by atoms with E-state index in [1.54, 1.807) is 31.2 Å². The van der Waals surface area contributed by atoms with E-state index in [9.17, 15) is 9.59 Å². The zero-order valence-electron chi connectivity index (χ0n) is 10.6. The number of hydrogen-bond acceptors (Lipinski definition) is 4. The monoisotopic (exact) mass is 274 g/mol. The highest BCUT2D eigenvalue weighted by molar-refractivity contribution is 8.04. The Kier molecular flexibility index (Phi) is 4.02. The van der Waals surface area contributed by atoms with Gasteiger partial charge in [-0.05, 0) is 24.6 Å². The van der Waals surface area contributed by atoms with Crippen LogP contribution >= 0.6 is 11.8 Å². The van der Waals surface area contributed by atoms with Gasteiger partial charge in [-0.2, -0.15) is 0 Å². The number of carbonyl (C=O) groups excluding carboxylic acids is 2. The lowest BCUT2D eigenvalue weighted by Gasteiger charge is -2.18. The zero-order chi connectivity index (χ0) is 14.0. The van der Waals surface area contributed by atoms with Gasteiger partial charge < -0.3 is 5.11 Å². The van der Waals surface area contributed by atoms with Crippen molar-refractivity contribution in [2.45, 2.75) is 6.92 Å². The van der Waals surface area contributed by atoms with E-state index in [0.717, 1.165) is 5.56 Å². The second-order valence-corrected chi connectivity index (χ2v) is 5.30. The number of Topliss-reactive ketones (excluding diaryl/α,β-unsaturated/α-hetero) is 2. The molecule has 1 aliphatic rings. The van der Waals surface area contributed by atoms with E-state index in [0.29, 0.717) is 27.4 Å². The Labute approximate surface area is 116 Å². The average Bonchev–Trinajstić information content (AvgIpc) is 2.44. The van der Waals surface area contributed by atoms with Crippen molar-refractivity contribution in [3.05, 3.63) is 51.9 Å². The van der Waals surface area contributed by atoms with E-state index in [2.05, 4.69) is 6.58 Å². The molecule has 0 radical (unpaired) electrons. The number of allylic oxidation sites excluding steroid dienone is 2. The number of thioether (sulfide) groups is 1. The molecule has 0 heterocycles. The largest absolute Gasteiger partial charge is 0.396 e. The third-order valence-electron chi connectivity index (χ3n) is 2.99. The van der Waals surface area contributed by atoms with E-state index in [1.165, 1.54) is 11.8 Å². The van der Waals surface area contributed by atoms with Crippen LogP contribution in [0.15, 0.2) is 35.3 Å². The molecule has 0 saturated carbocycles. The summed E-state index contributed by atoms with van der Waals surface area (Å²) in [6.45, 7) is 5.29. The van der Waals surface area contributed by atoms with Crippen LogP contribution in [0.3, 0.4) is 0 Å². The molecule has 2 rings (SSSR count). The zero-order valence-corrected chi connectivity index (χ0v) is 11.4. The summed E-state index contributed by atoms with van der Waals surface area (Å²) in [5.74, 6) is 0.141. The van der Waals surface area contributed by atoms with Gasteiger partial charge in [-0.15, -0.1) is 11.8 Å². The number of hydrogen-bond donors (Lipinski definition) is 1. The highest BCUT2D eigenvalue weighted by atomic mass is 32.2. The molecule has 0 amide bonds. The maximum absolute atomic E-state index is 12.4. The van der Waals surface area contributed by atoms with Crippen molar-refractivity contribution in [1.29, 1.82) is 0 Å². The molecular formula is C15H14O3S. The van der Waals surface area contributed by atoms with Crippen molar-refractivity contribution in [3.8, 4) is 0 Å². The lowest BCUT2D eigenvalue weighted by molar-refractivity contribution is 0.0981. The molecular weight excluding hydrogens is 260 g/mol. The lowest BCUT2D eigenvalue weighted by atomic mass is 9.89. The van der Waals surface area contributed by atoms with E-state index in [-0.39, 0.29) is 18.2 Å². The molecule has 0 aromatic heterocycles. The van der Waals surface area contributed by atoms with E-state index in [4.69, 9.17) is 5.11 Å². The van der Waals surface area contributed by atoms with Gasteiger partial charge in [0, 0.05) is 22.5 Å². The van der Waals surface area contributed by atoms with Gasteiger partial charge in [0.1, 0.15) is 0 Å². The molecule has 0 unspecified atom stereocenters. The third kappa shape index (κ3) is 2.41. The number of aliphatic hydroxyl groups excluding tert-OH is 1. The van der Waals surface area contributed by atoms with Gasteiger partial charge in [-0.3, -0.25) is 9.59 Å². The van der Waals surface area contributed by atoms with Gasteiger partial charge in [0.15, 0.2) is 5.78 Å². The van der Waals surface area contributed by atoms with Gasteiger partial charge in [0.2, 0.25) is 5.78 Å². The van der Waals surface area contributed by atoms with Crippen LogP contribution in [0.25, 0.3) is 6.08 Å². The maximum atomic E-state index is 12.4.